The molecule has 6 nitrogen and oxygen atoms in total. The molecule has 3 aromatic rings. The van der Waals surface area contributed by atoms with Crippen molar-refractivity contribution >= 4 is 29.0 Å². The maximum absolute atomic E-state index is 11.7. The topological polar surface area (TPSA) is 68.2 Å². The first-order valence-corrected chi connectivity index (χ1v) is 9.83. The highest BCUT2D eigenvalue weighted by Gasteiger charge is 2.13. The molecule has 3 rings (SSSR count). The molecule has 7 heteroatoms. The predicted octanol–water partition coefficient (Wildman–Crippen LogP) is 4.15. The Bertz CT molecular complexity index is 998. The molecule has 1 heterocycles. The summed E-state index contributed by atoms with van der Waals surface area (Å²) in [5.41, 5.74) is 5.47. The SMILES string of the molecule is CCOC(=O)c1ccc(NC(=S)NCc2c(C)nn(-c3ccccc3)c2C)cc1. The van der Waals surface area contributed by atoms with Crippen molar-refractivity contribution in [1.82, 2.24) is 15.1 Å². The van der Waals surface area contributed by atoms with E-state index in [0.717, 1.165) is 28.3 Å². The molecule has 0 amide bonds. The smallest absolute Gasteiger partial charge is 0.338 e. The number of thiocarbonyl (C=S) groups is 1. The molecule has 0 aliphatic rings. The number of hydrogen-bond donors (Lipinski definition) is 2. The lowest BCUT2D eigenvalue weighted by Gasteiger charge is -2.11. The molecule has 0 aliphatic carbocycles. The summed E-state index contributed by atoms with van der Waals surface area (Å²) in [6.45, 7) is 6.75. The Labute approximate surface area is 175 Å². The molecule has 0 fully saturated rings. The average Bonchev–Trinajstić information content (AvgIpc) is 3.01. The van der Waals surface area contributed by atoms with Crippen LogP contribution >= 0.6 is 12.2 Å². The second-order valence-corrected chi connectivity index (χ2v) is 6.91. The number of aryl methyl sites for hydroxylation is 1. The Morgan fingerprint density at radius 3 is 2.45 bits per heavy atom. The van der Waals surface area contributed by atoms with E-state index in [2.05, 4.69) is 22.7 Å². The van der Waals surface area contributed by atoms with Crippen LogP contribution < -0.4 is 10.6 Å². The molecule has 0 saturated carbocycles. The summed E-state index contributed by atoms with van der Waals surface area (Å²) in [6.07, 6.45) is 0. The third-order valence-corrected chi connectivity index (χ3v) is 4.77. The molecular weight excluding hydrogens is 384 g/mol. The van der Waals surface area contributed by atoms with Gasteiger partial charge in [-0.3, -0.25) is 0 Å². The van der Waals surface area contributed by atoms with Gasteiger partial charge >= 0.3 is 5.97 Å². The minimum atomic E-state index is -0.332. The van der Waals surface area contributed by atoms with Crippen LogP contribution in [-0.2, 0) is 11.3 Å². The van der Waals surface area contributed by atoms with Crippen LogP contribution in [0.1, 0.15) is 34.2 Å². The molecule has 0 saturated heterocycles. The highest BCUT2D eigenvalue weighted by molar-refractivity contribution is 7.80. The van der Waals surface area contributed by atoms with E-state index in [9.17, 15) is 4.79 Å². The molecule has 2 aromatic carbocycles. The van der Waals surface area contributed by atoms with Crippen molar-refractivity contribution in [2.75, 3.05) is 11.9 Å². The second kappa shape index (κ2) is 9.34. The van der Waals surface area contributed by atoms with Gasteiger partial charge in [-0.2, -0.15) is 5.10 Å². The normalized spacial score (nSPS) is 10.4. The summed E-state index contributed by atoms with van der Waals surface area (Å²) in [5, 5.41) is 11.5. The number of benzene rings is 2. The van der Waals surface area contributed by atoms with Gasteiger partial charge in [-0.25, -0.2) is 9.48 Å². The Morgan fingerprint density at radius 2 is 1.79 bits per heavy atom. The van der Waals surface area contributed by atoms with Gasteiger partial charge < -0.3 is 15.4 Å². The summed E-state index contributed by atoms with van der Waals surface area (Å²) >= 11 is 5.41. The second-order valence-electron chi connectivity index (χ2n) is 6.50. The molecule has 0 aliphatic heterocycles. The molecule has 29 heavy (non-hydrogen) atoms. The molecule has 0 atom stereocenters. The lowest BCUT2D eigenvalue weighted by Crippen LogP contribution is -2.28. The number of para-hydroxylation sites is 1. The van der Waals surface area contributed by atoms with Crippen LogP contribution in [0.4, 0.5) is 5.69 Å². The monoisotopic (exact) mass is 408 g/mol. The number of esters is 1. The van der Waals surface area contributed by atoms with Gasteiger partial charge in [0.15, 0.2) is 5.11 Å². The van der Waals surface area contributed by atoms with E-state index in [1.165, 1.54) is 0 Å². The van der Waals surface area contributed by atoms with E-state index in [4.69, 9.17) is 17.0 Å². The molecular formula is C22H24N4O2S. The zero-order valence-electron chi connectivity index (χ0n) is 16.7. The van der Waals surface area contributed by atoms with E-state index in [0.29, 0.717) is 23.8 Å². The van der Waals surface area contributed by atoms with Gasteiger partial charge in [0.25, 0.3) is 0 Å². The van der Waals surface area contributed by atoms with Gasteiger partial charge in [0.05, 0.1) is 23.6 Å². The van der Waals surface area contributed by atoms with Crippen molar-refractivity contribution < 1.29 is 9.53 Å². The van der Waals surface area contributed by atoms with Gasteiger partial charge in [0, 0.05) is 23.5 Å². The number of aromatic nitrogens is 2. The fraction of sp³-hybridized carbons (Fsp3) is 0.227. The molecule has 0 spiro atoms. The van der Waals surface area contributed by atoms with Gasteiger partial charge in [0.1, 0.15) is 0 Å². The quantitative estimate of drug-likeness (QED) is 0.472. The zero-order valence-corrected chi connectivity index (χ0v) is 17.5. The van der Waals surface area contributed by atoms with Gasteiger partial charge in [0.2, 0.25) is 0 Å². The Balaban J connectivity index is 1.61. The van der Waals surface area contributed by atoms with Crippen molar-refractivity contribution in [2.24, 2.45) is 0 Å². The fourth-order valence-corrected chi connectivity index (χ4v) is 3.19. The number of nitrogens with zero attached hydrogens (tertiary/aromatic N) is 2. The van der Waals surface area contributed by atoms with Crippen LogP contribution in [0.3, 0.4) is 0 Å². The van der Waals surface area contributed by atoms with Crippen molar-refractivity contribution in [3.63, 3.8) is 0 Å². The van der Waals surface area contributed by atoms with Gasteiger partial charge in [-0.15, -0.1) is 0 Å². The van der Waals surface area contributed by atoms with Crippen LogP contribution in [0.25, 0.3) is 5.69 Å². The highest BCUT2D eigenvalue weighted by Crippen LogP contribution is 2.18. The Hall–Kier alpha value is -3.19. The fourth-order valence-electron chi connectivity index (χ4n) is 3.00. The molecule has 0 radical (unpaired) electrons. The number of hydrogen-bond acceptors (Lipinski definition) is 4. The highest BCUT2D eigenvalue weighted by atomic mass is 32.1. The van der Waals surface area contributed by atoms with Crippen LogP contribution in [0, 0.1) is 13.8 Å². The van der Waals surface area contributed by atoms with Crippen LogP contribution in [0.5, 0.6) is 0 Å². The van der Waals surface area contributed by atoms with Crippen LogP contribution in [0.2, 0.25) is 0 Å². The first-order valence-electron chi connectivity index (χ1n) is 9.42. The van der Waals surface area contributed by atoms with Crippen molar-refractivity contribution in [2.45, 2.75) is 27.3 Å². The minimum Gasteiger partial charge on any atom is -0.462 e. The molecule has 150 valence electrons. The molecule has 0 unspecified atom stereocenters. The maximum atomic E-state index is 11.7. The van der Waals surface area contributed by atoms with Crippen LogP contribution in [-0.4, -0.2) is 27.5 Å². The third kappa shape index (κ3) is 5.00. The summed E-state index contributed by atoms with van der Waals surface area (Å²) in [5.74, 6) is -0.332. The molecule has 0 bridgehead atoms. The standard InChI is InChI=1S/C22H24N4O2S/c1-4-28-21(27)17-10-12-18(13-11-17)24-22(29)23-14-20-15(2)25-26(16(20)3)19-8-6-5-7-9-19/h5-13H,4,14H2,1-3H3,(H2,23,24,29). The maximum Gasteiger partial charge on any atom is 0.338 e. The van der Waals surface area contributed by atoms with Crippen molar-refractivity contribution in [1.29, 1.82) is 0 Å². The van der Waals surface area contributed by atoms with E-state index < -0.39 is 0 Å². The summed E-state index contributed by atoms with van der Waals surface area (Å²) in [6, 6.07) is 17.1. The summed E-state index contributed by atoms with van der Waals surface area (Å²) < 4.78 is 6.93. The number of carbonyl (C=O) groups is 1. The summed E-state index contributed by atoms with van der Waals surface area (Å²) in [4.78, 5) is 11.7. The largest absolute Gasteiger partial charge is 0.462 e. The van der Waals surface area contributed by atoms with E-state index in [1.807, 2.05) is 41.9 Å². The van der Waals surface area contributed by atoms with E-state index in [-0.39, 0.29) is 5.97 Å². The predicted molar refractivity (Wildman–Crippen MR) is 118 cm³/mol. The Kier molecular flexibility index (Phi) is 6.61. The summed E-state index contributed by atoms with van der Waals surface area (Å²) in [7, 11) is 0. The number of carbonyl (C=O) groups excluding carboxylic acids is 1. The third-order valence-electron chi connectivity index (χ3n) is 4.52. The van der Waals surface area contributed by atoms with Crippen LogP contribution in [0.15, 0.2) is 54.6 Å². The lowest BCUT2D eigenvalue weighted by molar-refractivity contribution is 0.0526. The van der Waals surface area contributed by atoms with Gasteiger partial charge in [-0.05, 0) is 69.4 Å². The zero-order chi connectivity index (χ0) is 20.8. The number of ether oxygens (including phenoxy) is 1. The van der Waals surface area contributed by atoms with Crippen molar-refractivity contribution in [3.05, 3.63) is 77.1 Å². The average molecular weight is 409 g/mol. The molecule has 2 N–H and O–H groups in total. The number of anilines is 1. The van der Waals surface area contributed by atoms with Crippen molar-refractivity contribution in [3.8, 4) is 5.69 Å². The number of nitrogens with one attached hydrogen (secondary N) is 2. The molecule has 1 aromatic heterocycles. The first kappa shape index (κ1) is 20.5. The first-order chi connectivity index (χ1) is 14.0. The van der Waals surface area contributed by atoms with E-state index >= 15 is 0 Å². The minimum absolute atomic E-state index is 0.332. The van der Waals surface area contributed by atoms with E-state index in [1.54, 1.807) is 31.2 Å². The number of rotatable bonds is 6. The Morgan fingerprint density at radius 1 is 1.10 bits per heavy atom. The van der Waals surface area contributed by atoms with Gasteiger partial charge in [-0.1, -0.05) is 18.2 Å². The lowest BCUT2D eigenvalue weighted by atomic mass is 10.2.